The monoisotopic (exact) mass is 598 g/mol. The Morgan fingerprint density at radius 3 is 2.00 bits per heavy atom. The van der Waals surface area contributed by atoms with Crippen molar-refractivity contribution in [1.29, 1.82) is 0 Å². The predicted molar refractivity (Wildman–Crippen MR) is 144 cm³/mol. The van der Waals surface area contributed by atoms with Gasteiger partial charge in [0, 0.05) is 44.9 Å². The number of likely N-dealkylation sites (tertiary alicyclic amines) is 1. The van der Waals surface area contributed by atoms with Gasteiger partial charge in [0.15, 0.2) is 0 Å². The Bertz CT molecular complexity index is 1210. The molecule has 0 bridgehead atoms. The van der Waals surface area contributed by atoms with Crippen molar-refractivity contribution >= 4 is 11.8 Å². The van der Waals surface area contributed by atoms with Crippen LogP contribution < -0.4 is 0 Å². The summed E-state index contributed by atoms with van der Waals surface area (Å²) in [4.78, 5) is 28.8. The number of nitrogens with zero attached hydrogens (tertiary/aromatic N) is 2. The highest BCUT2D eigenvalue weighted by molar-refractivity contribution is 5.79. The number of halogens is 6. The number of hydrogen-bond acceptors (Lipinski definition) is 3. The van der Waals surface area contributed by atoms with Crippen LogP contribution in [0.4, 0.5) is 26.3 Å². The van der Waals surface area contributed by atoms with Gasteiger partial charge in [-0.1, -0.05) is 30.3 Å². The topological polar surface area (TPSA) is 49.9 Å². The van der Waals surface area contributed by atoms with Crippen LogP contribution in [0.25, 0.3) is 0 Å². The lowest BCUT2D eigenvalue weighted by atomic mass is 9.82. The van der Waals surface area contributed by atoms with Gasteiger partial charge in [0.2, 0.25) is 11.8 Å². The van der Waals surface area contributed by atoms with Crippen LogP contribution in [0.3, 0.4) is 0 Å². The number of alkyl halides is 6. The fraction of sp³-hybridized carbons (Fsp3) is 0.548. The lowest BCUT2D eigenvalue weighted by Crippen LogP contribution is -2.49. The number of piperidine rings is 1. The molecule has 2 amide bonds. The zero-order chi connectivity index (χ0) is 30.8. The summed E-state index contributed by atoms with van der Waals surface area (Å²) in [7, 11) is 1.77. The number of amides is 2. The van der Waals surface area contributed by atoms with Gasteiger partial charge < -0.3 is 14.5 Å². The normalized spacial score (nSPS) is 24.3. The van der Waals surface area contributed by atoms with Crippen LogP contribution in [0.5, 0.6) is 0 Å². The smallest absolute Gasteiger partial charge is 0.370 e. The van der Waals surface area contributed by atoms with Crippen LogP contribution in [0.2, 0.25) is 0 Å². The van der Waals surface area contributed by atoms with Crippen molar-refractivity contribution < 1.29 is 40.7 Å². The van der Waals surface area contributed by atoms with Gasteiger partial charge in [0.05, 0.1) is 23.3 Å². The van der Waals surface area contributed by atoms with Crippen molar-refractivity contribution in [2.24, 2.45) is 5.92 Å². The van der Waals surface area contributed by atoms with Gasteiger partial charge in [0.25, 0.3) is 0 Å². The van der Waals surface area contributed by atoms with Gasteiger partial charge in [-0.3, -0.25) is 9.59 Å². The van der Waals surface area contributed by atoms with E-state index in [1.807, 2.05) is 30.3 Å². The van der Waals surface area contributed by atoms with E-state index in [0.29, 0.717) is 44.5 Å². The number of benzene rings is 2. The minimum absolute atomic E-state index is 0.00783. The van der Waals surface area contributed by atoms with Crippen molar-refractivity contribution in [2.75, 3.05) is 20.1 Å². The molecule has 2 aromatic rings. The second kappa shape index (κ2) is 12.7. The number of rotatable bonds is 6. The molecular formula is C31H36F6N2O3. The first-order valence-electron chi connectivity index (χ1n) is 14.2. The van der Waals surface area contributed by atoms with Crippen LogP contribution >= 0.6 is 0 Å². The van der Waals surface area contributed by atoms with E-state index in [4.69, 9.17) is 4.74 Å². The molecule has 1 aliphatic carbocycles. The third-order valence-electron chi connectivity index (χ3n) is 8.64. The highest BCUT2D eigenvalue weighted by Gasteiger charge is 2.40. The summed E-state index contributed by atoms with van der Waals surface area (Å²) in [5, 5.41) is 0. The number of carbonyl (C=O) groups is 2. The van der Waals surface area contributed by atoms with Gasteiger partial charge in [-0.25, -0.2) is 0 Å². The molecule has 2 aromatic carbocycles. The molecule has 4 rings (SSSR count). The van der Waals surface area contributed by atoms with Crippen LogP contribution in [-0.2, 0) is 26.7 Å². The second-order valence-corrected chi connectivity index (χ2v) is 11.4. The summed E-state index contributed by atoms with van der Waals surface area (Å²) in [6.07, 6.45) is -8.29. The maximum atomic E-state index is 13.5. The number of carbonyl (C=O) groups excluding carboxylic acids is 2. The van der Waals surface area contributed by atoms with Crippen molar-refractivity contribution in [1.82, 2.24) is 9.80 Å². The van der Waals surface area contributed by atoms with Gasteiger partial charge in [0.1, 0.15) is 0 Å². The number of ether oxygens (including phenoxy) is 1. The van der Waals surface area contributed by atoms with Crippen molar-refractivity contribution in [3.05, 3.63) is 70.8 Å². The minimum Gasteiger partial charge on any atom is -0.370 e. The van der Waals surface area contributed by atoms with Crippen LogP contribution in [0, 0.1) is 5.92 Å². The summed E-state index contributed by atoms with van der Waals surface area (Å²) >= 11 is 0. The first kappa shape index (κ1) is 31.8. The Kier molecular flexibility index (Phi) is 9.59. The molecule has 5 nitrogen and oxygen atoms in total. The zero-order valence-electron chi connectivity index (χ0n) is 23.8. The molecule has 0 unspecified atom stereocenters. The van der Waals surface area contributed by atoms with E-state index in [9.17, 15) is 35.9 Å². The Morgan fingerprint density at radius 1 is 0.905 bits per heavy atom. The maximum Gasteiger partial charge on any atom is 0.416 e. The lowest BCUT2D eigenvalue weighted by molar-refractivity contribution is -0.143. The summed E-state index contributed by atoms with van der Waals surface area (Å²) in [5.74, 6) is -0.467. The largest absolute Gasteiger partial charge is 0.416 e. The summed E-state index contributed by atoms with van der Waals surface area (Å²) in [6, 6.07) is 10.9. The van der Waals surface area contributed by atoms with Gasteiger partial charge >= 0.3 is 12.4 Å². The molecule has 2 aliphatic rings. The van der Waals surface area contributed by atoms with Gasteiger partial charge in [-0.15, -0.1) is 0 Å². The maximum absolute atomic E-state index is 13.5. The standard InChI is InChI=1S/C31H36F6N2O3/c1-19(23-15-24(30(32,33)34)17-25(16-23)31(35,36)37)42-28-13-14-39(18-27(28)21-7-5-4-6-8-21)29(41)22-9-11-26(12-10-22)38(3)20(2)40/h4-8,15-17,19,22,26-28H,9-14,18H2,1-3H3/t19-,22-,26-,27+,28+/m1/s1. The molecule has 3 atom stereocenters. The highest BCUT2D eigenvalue weighted by Crippen LogP contribution is 2.40. The molecule has 42 heavy (non-hydrogen) atoms. The molecule has 0 N–H and O–H groups in total. The zero-order valence-corrected chi connectivity index (χ0v) is 23.8. The van der Waals surface area contributed by atoms with Gasteiger partial charge in [-0.05, 0) is 68.4 Å². The summed E-state index contributed by atoms with van der Waals surface area (Å²) in [6.45, 7) is 3.66. The molecule has 1 saturated heterocycles. The Balaban J connectivity index is 1.51. The van der Waals surface area contributed by atoms with E-state index in [0.717, 1.165) is 18.4 Å². The first-order chi connectivity index (χ1) is 19.6. The first-order valence-corrected chi connectivity index (χ1v) is 14.2. The third kappa shape index (κ3) is 7.46. The third-order valence-corrected chi connectivity index (χ3v) is 8.64. The minimum atomic E-state index is -4.95. The lowest BCUT2D eigenvalue weighted by Gasteiger charge is -2.42. The van der Waals surface area contributed by atoms with E-state index in [1.54, 1.807) is 16.8 Å². The van der Waals surface area contributed by atoms with E-state index in [-0.39, 0.29) is 41.3 Å². The van der Waals surface area contributed by atoms with Crippen LogP contribution in [0.1, 0.15) is 80.2 Å². The van der Waals surface area contributed by atoms with E-state index in [1.165, 1.54) is 13.8 Å². The average Bonchev–Trinajstić information content (AvgIpc) is 2.96. The fourth-order valence-corrected chi connectivity index (χ4v) is 6.09. The predicted octanol–water partition coefficient (Wildman–Crippen LogP) is 7.22. The number of hydrogen-bond donors (Lipinski definition) is 0. The van der Waals surface area contributed by atoms with Crippen LogP contribution in [0.15, 0.2) is 48.5 Å². The molecular weight excluding hydrogens is 562 g/mol. The molecule has 230 valence electrons. The van der Waals surface area contributed by atoms with E-state index < -0.39 is 35.7 Å². The Hall–Kier alpha value is -3.08. The molecule has 1 aliphatic heterocycles. The Labute approximate surface area is 241 Å². The van der Waals surface area contributed by atoms with Crippen molar-refractivity contribution in [2.45, 2.75) is 82.5 Å². The highest BCUT2D eigenvalue weighted by atomic mass is 19.4. The molecule has 11 heteroatoms. The molecule has 0 aromatic heterocycles. The Morgan fingerprint density at radius 2 is 1.48 bits per heavy atom. The molecule has 1 saturated carbocycles. The molecule has 1 heterocycles. The summed E-state index contributed by atoms with van der Waals surface area (Å²) in [5.41, 5.74) is -2.10. The molecule has 0 spiro atoms. The van der Waals surface area contributed by atoms with Gasteiger partial charge in [-0.2, -0.15) is 26.3 Å². The molecule has 2 fully saturated rings. The second-order valence-electron chi connectivity index (χ2n) is 11.4. The van der Waals surface area contributed by atoms with Crippen LogP contribution in [-0.4, -0.2) is 53.9 Å². The van der Waals surface area contributed by atoms with E-state index in [2.05, 4.69) is 0 Å². The van der Waals surface area contributed by atoms with Crippen molar-refractivity contribution in [3.8, 4) is 0 Å². The summed E-state index contributed by atoms with van der Waals surface area (Å²) < 4.78 is 86.9. The SMILES string of the molecule is CC(=O)N(C)[C@H]1CC[C@H](C(=O)N2CC[C@H](O[C@H](C)c3cc(C(F)(F)F)cc(C(F)(F)F)c3)[C@H](c3ccccc3)C2)CC1. The molecule has 0 radical (unpaired) electrons. The van der Waals surface area contributed by atoms with E-state index >= 15 is 0 Å². The quantitative estimate of drug-likeness (QED) is 0.330. The van der Waals surface area contributed by atoms with Crippen molar-refractivity contribution in [3.63, 3.8) is 0 Å². The fourth-order valence-electron chi connectivity index (χ4n) is 6.09. The average molecular weight is 599 g/mol.